The zero-order valence-electron chi connectivity index (χ0n) is 11.7. The van der Waals surface area contributed by atoms with Gasteiger partial charge in [0.25, 0.3) is 0 Å². The van der Waals surface area contributed by atoms with Crippen LogP contribution in [0.5, 0.6) is 0 Å². The van der Waals surface area contributed by atoms with E-state index >= 15 is 0 Å². The van der Waals surface area contributed by atoms with Crippen molar-refractivity contribution in [1.82, 2.24) is 15.1 Å². The summed E-state index contributed by atoms with van der Waals surface area (Å²) in [5, 5.41) is 18.8. The molecule has 0 amide bonds. The lowest BCUT2D eigenvalue weighted by atomic mass is 10.2. The van der Waals surface area contributed by atoms with Crippen LogP contribution >= 0.6 is 0 Å². The standard InChI is InChI=1S/C15H12N6O/c1-10-7-14(21-22-10)19-13-5-6-17-15(20-13)18-12-4-2-3-11(8-12)9-16/h2-8H,1H3,(H2,17,18,19,20,21). The van der Waals surface area contributed by atoms with E-state index in [1.54, 1.807) is 36.5 Å². The molecule has 0 bridgehead atoms. The Kier molecular flexibility index (Phi) is 3.66. The molecule has 0 spiro atoms. The fraction of sp³-hybridized carbons (Fsp3) is 0.0667. The normalized spacial score (nSPS) is 10.0. The van der Waals surface area contributed by atoms with Gasteiger partial charge in [-0.2, -0.15) is 10.2 Å². The molecular weight excluding hydrogens is 280 g/mol. The molecule has 1 aromatic carbocycles. The first kappa shape index (κ1) is 13.6. The minimum atomic E-state index is 0.417. The molecule has 7 nitrogen and oxygen atoms in total. The third-order valence-corrected chi connectivity index (χ3v) is 2.79. The topological polar surface area (TPSA) is 99.7 Å². The van der Waals surface area contributed by atoms with Gasteiger partial charge in [-0.3, -0.25) is 0 Å². The van der Waals surface area contributed by atoms with E-state index < -0.39 is 0 Å². The second kappa shape index (κ2) is 5.93. The molecule has 0 unspecified atom stereocenters. The van der Waals surface area contributed by atoms with Gasteiger partial charge < -0.3 is 15.2 Å². The van der Waals surface area contributed by atoms with Gasteiger partial charge in [-0.15, -0.1) is 0 Å². The van der Waals surface area contributed by atoms with E-state index in [2.05, 4.69) is 31.8 Å². The minimum Gasteiger partial charge on any atom is -0.360 e. The number of nitrogens with one attached hydrogen (secondary N) is 2. The highest BCUT2D eigenvalue weighted by Gasteiger charge is 2.04. The zero-order valence-corrected chi connectivity index (χ0v) is 11.7. The molecule has 2 heterocycles. The summed E-state index contributed by atoms with van der Waals surface area (Å²) in [7, 11) is 0. The second-order valence-electron chi connectivity index (χ2n) is 4.53. The number of hydrogen-bond acceptors (Lipinski definition) is 7. The maximum Gasteiger partial charge on any atom is 0.229 e. The number of nitrogens with zero attached hydrogens (tertiary/aromatic N) is 4. The predicted molar refractivity (Wildman–Crippen MR) is 81.0 cm³/mol. The van der Waals surface area contributed by atoms with Crippen LogP contribution < -0.4 is 10.6 Å². The number of anilines is 4. The van der Waals surface area contributed by atoms with Gasteiger partial charge in [-0.1, -0.05) is 11.2 Å². The zero-order chi connectivity index (χ0) is 15.4. The van der Waals surface area contributed by atoms with Crippen molar-refractivity contribution in [2.45, 2.75) is 6.92 Å². The van der Waals surface area contributed by atoms with Crippen LogP contribution in [0.4, 0.5) is 23.3 Å². The van der Waals surface area contributed by atoms with E-state index in [1.165, 1.54) is 0 Å². The van der Waals surface area contributed by atoms with Crippen LogP contribution in [0.25, 0.3) is 0 Å². The maximum atomic E-state index is 8.90. The Balaban J connectivity index is 1.77. The quantitative estimate of drug-likeness (QED) is 0.761. The van der Waals surface area contributed by atoms with Gasteiger partial charge in [-0.05, 0) is 31.2 Å². The molecule has 0 saturated carbocycles. The average Bonchev–Trinajstić information content (AvgIpc) is 2.93. The van der Waals surface area contributed by atoms with Gasteiger partial charge in [-0.25, -0.2) is 4.98 Å². The van der Waals surface area contributed by atoms with Crippen molar-refractivity contribution in [3.63, 3.8) is 0 Å². The summed E-state index contributed by atoms with van der Waals surface area (Å²) in [6.07, 6.45) is 1.62. The third-order valence-electron chi connectivity index (χ3n) is 2.79. The molecule has 0 fully saturated rings. The Morgan fingerprint density at radius 1 is 1.14 bits per heavy atom. The average molecular weight is 292 g/mol. The second-order valence-corrected chi connectivity index (χ2v) is 4.53. The molecule has 0 atom stereocenters. The van der Waals surface area contributed by atoms with E-state index in [0.717, 1.165) is 5.69 Å². The minimum absolute atomic E-state index is 0.417. The van der Waals surface area contributed by atoms with Gasteiger partial charge in [0.2, 0.25) is 5.95 Å². The molecule has 2 aromatic heterocycles. The summed E-state index contributed by atoms with van der Waals surface area (Å²) >= 11 is 0. The van der Waals surface area contributed by atoms with Crippen LogP contribution in [0.1, 0.15) is 11.3 Å². The Morgan fingerprint density at radius 2 is 2.05 bits per heavy atom. The first-order valence-corrected chi connectivity index (χ1v) is 6.53. The summed E-state index contributed by atoms with van der Waals surface area (Å²) in [5.41, 5.74) is 1.31. The van der Waals surface area contributed by atoms with Crippen molar-refractivity contribution >= 4 is 23.3 Å². The van der Waals surface area contributed by atoms with Gasteiger partial charge >= 0.3 is 0 Å². The molecular formula is C15H12N6O. The van der Waals surface area contributed by atoms with E-state index in [1.807, 2.05) is 13.0 Å². The van der Waals surface area contributed by atoms with Crippen molar-refractivity contribution < 1.29 is 4.52 Å². The smallest absolute Gasteiger partial charge is 0.229 e. The van der Waals surface area contributed by atoms with Crippen LogP contribution in [-0.4, -0.2) is 15.1 Å². The number of rotatable bonds is 4. The Bertz CT molecular complexity index is 836. The van der Waals surface area contributed by atoms with Crippen LogP contribution in [-0.2, 0) is 0 Å². The van der Waals surface area contributed by atoms with Gasteiger partial charge in [0.15, 0.2) is 5.82 Å². The molecule has 0 radical (unpaired) electrons. The van der Waals surface area contributed by atoms with Crippen LogP contribution in [0, 0.1) is 18.3 Å². The molecule has 0 aliphatic heterocycles. The number of hydrogen-bond donors (Lipinski definition) is 2. The summed E-state index contributed by atoms with van der Waals surface area (Å²) < 4.78 is 4.99. The maximum absolute atomic E-state index is 8.90. The highest BCUT2D eigenvalue weighted by atomic mass is 16.5. The fourth-order valence-corrected chi connectivity index (χ4v) is 1.84. The van der Waals surface area contributed by atoms with E-state index in [-0.39, 0.29) is 0 Å². The van der Waals surface area contributed by atoms with Gasteiger partial charge in [0, 0.05) is 18.0 Å². The predicted octanol–water partition coefficient (Wildman–Crippen LogP) is 3.13. The largest absolute Gasteiger partial charge is 0.360 e. The van der Waals surface area contributed by atoms with Gasteiger partial charge in [0.05, 0.1) is 11.6 Å². The lowest BCUT2D eigenvalue weighted by Gasteiger charge is -2.06. The van der Waals surface area contributed by atoms with Crippen molar-refractivity contribution in [2.75, 3.05) is 10.6 Å². The van der Waals surface area contributed by atoms with E-state index in [9.17, 15) is 0 Å². The van der Waals surface area contributed by atoms with Crippen LogP contribution in [0.15, 0.2) is 47.1 Å². The highest BCUT2D eigenvalue weighted by Crippen LogP contribution is 2.18. The molecule has 0 aliphatic rings. The fourth-order valence-electron chi connectivity index (χ4n) is 1.84. The molecule has 7 heteroatoms. The SMILES string of the molecule is Cc1cc(Nc2ccnc(Nc3cccc(C#N)c3)n2)no1. The van der Waals surface area contributed by atoms with Crippen molar-refractivity contribution in [3.8, 4) is 6.07 Å². The van der Waals surface area contributed by atoms with Crippen LogP contribution in [0.3, 0.4) is 0 Å². The molecule has 2 N–H and O–H groups in total. The number of aryl methyl sites for hydroxylation is 1. The molecule has 3 aromatic rings. The Labute approximate surface area is 126 Å². The molecule has 0 saturated heterocycles. The lowest BCUT2D eigenvalue weighted by Crippen LogP contribution is -2.00. The number of benzene rings is 1. The van der Waals surface area contributed by atoms with E-state index in [0.29, 0.717) is 28.9 Å². The Morgan fingerprint density at radius 3 is 2.82 bits per heavy atom. The third kappa shape index (κ3) is 3.19. The number of aromatic nitrogens is 3. The molecule has 22 heavy (non-hydrogen) atoms. The Hall–Kier alpha value is -3.40. The molecule has 108 valence electrons. The first-order valence-electron chi connectivity index (χ1n) is 6.53. The van der Waals surface area contributed by atoms with Crippen LogP contribution in [0.2, 0.25) is 0 Å². The summed E-state index contributed by atoms with van der Waals surface area (Å²) in [4.78, 5) is 8.48. The van der Waals surface area contributed by atoms with Gasteiger partial charge in [0.1, 0.15) is 11.6 Å². The van der Waals surface area contributed by atoms with E-state index in [4.69, 9.17) is 9.78 Å². The van der Waals surface area contributed by atoms with Crippen molar-refractivity contribution in [3.05, 3.63) is 53.9 Å². The summed E-state index contributed by atoms with van der Waals surface area (Å²) in [6.45, 7) is 1.81. The summed E-state index contributed by atoms with van der Waals surface area (Å²) in [6, 6.07) is 12.7. The monoisotopic (exact) mass is 292 g/mol. The molecule has 3 rings (SSSR count). The molecule has 0 aliphatic carbocycles. The summed E-state index contributed by atoms with van der Waals surface area (Å²) in [5.74, 6) is 2.29. The van der Waals surface area contributed by atoms with Crippen molar-refractivity contribution in [2.24, 2.45) is 0 Å². The highest BCUT2D eigenvalue weighted by molar-refractivity contribution is 5.58. The number of nitriles is 1. The lowest BCUT2D eigenvalue weighted by molar-refractivity contribution is 0.400. The van der Waals surface area contributed by atoms with Crippen molar-refractivity contribution in [1.29, 1.82) is 5.26 Å². The first-order chi connectivity index (χ1) is 10.7.